The van der Waals surface area contributed by atoms with Crippen LogP contribution in [0.5, 0.6) is 0 Å². The molecule has 0 aromatic heterocycles. The van der Waals surface area contributed by atoms with Crippen LogP contribution in [-0.4, -0.2) is 36.0 Å². The SMILES string of the molecule is CCC(C)NCC(=O)N1CC(C)CC(C)C1C. The predicted molar refractivity (Wildman–Crippen MR) is 71.9 cm³/mol. The average Bonchev–Trinajstić information content (AvgIpc) is 2.30. The molecule has 1 fully saturated rings. The highest BCUT2D eigenvalue weighted by atomic mass is 16.2. The zero-order valence-corrected chi connectivity index (χ0v) is 12.0. The Bertz CT molecular complexity index is 255. The maximum atomic E-state index is 12.2. The number of hydrogen-bond donors (Lipinski definition) is 1. The van der Waals surface area contributed by atoms with E-state index in [-0.39, 0.29) is 5.91 Å². The molecule has 0 aliphatic carbocycles. The van der Waals surface area contributed by atoms with Crippen molar-refractivity contribution >= 4 is 5.91 Å². The fraction of sp³-hybridized carbons (Fsp3) is 0.929. The highest BCUT2D eigenvalue weighted by Gasteiger charge is 2.31. The summed E-state index contributed by atoms with van der Waals surface area (Å²) in [6, 6.07) is 0.811. The lowest BCUT2D eigenvalue weighted by Gasteiger charge is -2.41. The number of carbonyl (C=O) groups excluding carboxylic acids is 1. The second-order valence-corrected chi connectivity index (χ2v) is 5.80. The van der Waals surface area contributed by atoms with Crippen LogP contribution in [-0.2, 0) is 4.79 Å². The van der Waals surface area contributed by atoms with Crippen molar-refractivity contribution in [2.45, 2.75) is 59.5 Å². The molecule has 1 heterocycles. The summed E-state index contributed by atoms with van der Waals surface area (Å²) in [7, 11) is 0. The highest BCUT2D eigenvalue weighted by Crippen LogP contribution is 2.26. The lowest BCUT2D eigenvalue weighted by atomic mass is 9.86. The summed E-state index contributed by atoms with van der Waals surface area (Å²) in [5, 5.41) is 3.29. The van der Waals surface area contributed by atoms with Crippen molar-refractivity contribution in [3.8, 4) is 0 Å². The molecule has 1 saturated heterocycles. The second-order valence-electron chi connectivity index (χ2n) is 5.80. The number of likely N-dealkylation sites (tertiary alicyclic amines) is 1. The van der Waals surface area contributed by atoms with Crippen molar-refractivity contribution in [1.29, 1.82) is 0 Å². The first kappa shape index (κ1) is 14.5. The van der Waals surface area contributed by atoms with Gasteiger partial charge in [0, 0.05) is 18.6 Å². The van der Waals surface area contributed by atoms with Gasteiger partial charge in [-0.3, -0.25) is 4.79 Å². The first-order valence-electron chi connectivity index (χ1n) is 6.98. The lowest BCUT2D eigenvalue weighted by molar-refractivity contribution is -0.136. The fourth-order valence-corrected chi connectivity index (χ4v) is 2.55. The summed E-state index contributed by atoms with van der Waals surface area (Å²) in [5.41, 5.74) is 0. The summed E-state index contributed by atoms with van der Waals surface area (Å²) in [6.07, 6.45) is 2.30. The topological polar surface area (TPSA) is 32.3 Å². The Morgan fingerprint density at radius 3 is 2.65 bits per heavy atom. The molecule has 0 bridgehead atoms. The normalized spacial score (nSPS) is 31.4. The number of rotatable bonds is 4. The van der Waals surface area contributed by atoms with Gasteiger partial charge in [-0.15, -0.1) is 0 Å². The van der Waals surface area contributed by atoms with Crippen LogP contribution in [0.4, 0.5) is 0 Å². The monoisotopic (exact) mass is 240 g/mol. The third-order valence-electron chi connectivity index (χ3n) is 4.13. The molecule has 0 saturated carbocycles. The van der Waals surface area contributed by atoms with Crippen LogP contribution in [0.25, 0.3) is 0 Å². The number of carbonyl (C=O) groups is 1. The van der Waals surface area contributed by atoms with Crippen LogP contribution in [0.15, 0.2) is 0 Å². The molecule has 100 valence electrons. The zero-order chi connectivity index (χ0) is 13.0. The molecular formula is C14H28N2O. The van der Waals surface area contributed by atoms with E-state index in [0.29, 0.717) is 30.5 Å². The van der Waals surface area contributed by atoms with E-state index in [0.717, 1.165) is 13.0 Å². The minimum atomic E-state index is 0.260. The predicted octanol–water partition coefficient (Wildman–Crippen LogP) is 2.27. The Kier molecular flexibility index (Phi) is 5.44. The highest BCUT2D eigenvalue weighted by molar-refractivity contribution is 5.78. The van der Waals surface area contributed by atoms with Gasteiger partial charge in [-0.2, -0.15) is 0 Å². The lowest BCUT2D eigenvalue weighted by Crippen LogP contribution is -2.52. The van der Waals surface area contributed by atoms with Crippen LogP contribution in [0.3, 0.4) is 0 Å². The van der Waals surface area contributed by atoms with E-state index in [4.69, 9.17) is 0 Å². The first-order valence-corrected chi connectivity index (χ1v) is 6.98. The first-order chi connectivity index (χ1) is 7.95. The van der Waals surface area contributed by atoms with Gasteiger partial charge < -0.3 is 10.2 Å². The Balaban J connectivity index is 2.49. The van der Waals surface area contributed by atoms with E-state index in [1.54, 1.807) is 0 Å². The molecule has 1 aliphatic heterocycles. The van der Waals surface area contributed by atoms with E-state index in [1.807, 2.05) is 0 Å². The third-order valence-corrected chi connectivity index (χ3v) is 4.13. The summed E-state index contributed by atoms with van der Waals surface area (Å²) in [4.78, 5) is 14.2. The summed E-state index contributed by atoms with van der Waals surface area (Å²) >= 11 is 0. The minimum Gasteiger partial charge on any atom is -0.338 e. The number of nitrogens with one attached hydrogen (secondary N) is 1. The molecule has 4 unspecified atom stereocenters. The molecule has 17 heavy (non-hydrogen) atoms. The van der Waals surface area contributed by atoms with Crippen molar-refractivity contribution in [2.75, 3.05) is 13.1 Å². The van der Waals surface area contributed by atoms with E-state index >= 15 is 0 Å². The quantitative estimate of drug-likeness (QED) is 0.817. The molecule has 1 amide bonds. The van der Waals surface area contributed by atoms with E-state index in [2.05, 4.69) is 44.8 Å². The summed E-state index contributed by atoms with van der Waals surface area (Å²) in [5.74, 6) is 1.51. The fourth-order valence-electron chi connectivity index (χ4n) is 2.55. The zero-order valence-electron chi connectivity index (χ0n) is 12.0. The minimum absolute atomic E-state index is 0.260. The van der Waals surface area contributed by atoms with Crippen molar-refractivity contribution in [2.24, 2.45) is 11.8 Å². The van der Waals surface area contributed by atoms with Crippen LogP contribution in [0, 0.1) is 11.8 Å². The number of piperidine rings is 1. The van der Waals surface area contributed by atoms with Gasteiger partial charge in [-0.05, 0) is 38.5 Å². The average molecular weight is 240 g/mol. The number of hydrogen-bond acceptors (Lipinski definition) is 2. The summed E-state index contributed by atoms with van der Waals surface area (Å²) in [6.45, 7) is 12.3. The van der Waals surface area contributed by atoms with Crippen molar-refractivity contribution in [1.82, 2.24) is 10.2 Å². The maximum Gasteiger partial charge on any atom is 0.236 e. The van der Waals surface area contributed by atoms with Gasteiger partial charge in [0.25, 0.3) is 0 Å². The van der Waals surface area contributed by atoms with Gasteiger partial charge in [0.1, 0.15) is 0 Å². The standard InChI is InChI=1S/C14H28N2O/c1-6-12(4)15-8-14(17)16-9-10(2)7-11(3)13(16)5/h10-13,15H,6-9H2,1-5H3. The maximum absolute atomic E-state index is 12.2. The third kappa shape index (κ3) is 3.98. The van der Waals surface area contributed by atoms with Crippen LogP contribution in [0.1, 0.15) is 47.5 Å². The molecule has 1 rings (SSSR count). The molecule has 1 N–H and O–H groups in total. The smallest absolute Gasteiger partial charge is 0.236 e. The number of amides is 1. The largest absolute Gasteiger partial charge is 0.338 e. The van der Waals surface area contributed by atoms with Crippen LogP contribution in [0.2, 0.25) is 0 Å². The van der Waals surface area contributed by atoms with Crippen LogP contribution >= 0.6 is 0 Å². The molecule has 1 aliphatic rings. The molecule has 3 heteroatoms. The van der Waals surface area contributed by atoms with E-state index < -0.39 is 0 Å². The van der Waals surface area contributed by atoms with E-state index in [9.17, 15) is 4.79 Å². The van der Waals surface area contributed by atoms with Gasteiger partial charge in [-0.1, -0.05) is 20.8 Å². The Morgan fingerprint density at radius 2 is 2.06 bits per heavy atom. The van der Waals surface area contributed by atoms with Crippen molar-refractivity contribution in [3.63, 3.8) is 0 Å². The number of nitrogens with zero attached hydrogens (tertiary/aromatic N) is 1. The van der Waals surface area contributed by atoms with Gasteiger partial charge >= 0.3 is 0 Å². The van der Waals surface area contributed by atoms with Gasteiger partial charge in [0.2, 0.25) is 5.91 Å². The van der Waals surface area contributed by atoms with Gasteiger partial charge in [-0.25, -0.2) is 0 Å². The Labute approximate surface area is 106 Å². The second kappa shape index (κ2) is 6.39. The summed E-state index contributed by atoms with van der Waals surface area (Å²) < 4.78 is 0. The molecule has 0 aromatic carbocycles. The Hall–Kier alpha value is -0.570. The van der Waals surface area contributed by atoms with Crippen molar-refractivity contribution < 1.29 is 4.79 Å². The molecule has 0 spiro atoms. The molecule has 0 radical (unpaired) electrons. The van der Waals surface area contributed by atoms with Crippen molar-refractivity contribution in [3.05, 3.63) is 0 Å². The Morgan fingerprint density at radius 1 is 1.41 bits per heavy atom. The molecule has 4 atom stereocenters. The molecule has 0 aromatic rings. The van der Waals surface area contributed by atoms with Crippen LogP contribution < -0.4 is 5.32 Å². The van der Waals surface area contributed by atoms with E-state index in [1.165, 1.54) is 6.42 Å². The van der Waals surface area contributed by atoms with Gasteiger partial charge in [0.15, 0.2) is 0 Å². The molecular weight excluding hydrogens is 212 g/mol. The molecule has 3 nitrogen and oxygen atoms in total. The van der Waals surface area contributed by atoms with Gasteiger partial charge in [0.05, 0.1) is 6.54 Å².